The van der Waals surface area contributed by atoms with Crippen LogP contribution in [0.25, 0.3) is 10.3 Å². The fraction of sp³-hybridized carbons (Fsp3) is 0.500. The zero-order chi connectivity index (χ0) is 15.1. The number of thiazole rings is 2. The van der Waals surface area contributed by atoms with Crippen LogP contribution < -0.4 is 4.90 Å². The van der Waals surface area contributed by atoms with Gasteiger partial charge in [-0.25, -0.2) is 14.6 Å². The molecular weight excluding hydrogens is 302 g/mol. The SMILES string of the molecule is Cc1nn(C)c2nc(N(C)Cc3csc(C(C)C)n3)sc12. The Labute approximate surface area is 132 Å². The summed E-state index contributed by atoms with van der Waals surface area (Å²) in [5, 5.41) is 8.75. The van der Waals surface area contributed by atoms with E-state index in [2.05, 4.69) is 41.3 Å². The largest absolute Gasteiger partial charge is 0.345 e. The molecule has 0 saturated heterocycles. The van der Waals surface area contributed by atoms with Crippen LogP contribution >= 0.6 is 22.7 Å². The van der Waals surface area contributed by atoms with Crippen LogP contribution in [0.2, 0.25) is 0 Å². The number of fused-ring (bicyclic) bond motifs is 1. The first-order valence-electron chi connectivity index (χ1n) is 6.91. The van der Waals surface area contributed by atoms with Crippen molar-refractivity contribution in [2.24, 2.45) is 7.05 Å². The van der Waals surface area contributed by atoms with E-state index in [-0.39, 0.29) is 0 Å². The number of rotatable bonds is 4. The first-order valence-corrected chi connectivity index (χ1v) is 8.61. The maximum atomic E-state index is 4.69. The van der Waals surface area contributed by atoms with E-state index >= 15 is 0 Å². The van der Waals surface area contributed by atoms with E-state index in [1.807, 2.05) is 18.7 Å². The van der Waals surface area contributed by atoms with Gasteiger partial charge in [0.2, 0.25) is 0 Å². The lowest BCUT2D eigenvalue weighted by molar-refractivity contribution is 0.771. The van der Waals surface area contributed by atoms with E-state index < -0.39 is 0 Å². The number of hydrogen-bond donors (Lipinski definition) is 0. The van der Waals surface area contributed by atoms with Crippen molar-refractivity contribution in [3.05, 3.63) is 21.8 Å². The first-order chi connectivity index (χ1) is 9.95. The summed E-state index contributed by atoms with van der Waals surface area (Å²) in [6, 6.07) is 0. The zero-order valence-electron chi connectivity index (χ0n) is 12.9. The predicted molar refractivity (Wildman–Crippen MR) is 89.4 cm³/mol. The molecule has 3 aromatic rings. The normalized spacial score (nSPS) is 11.7. The van der Waals surface area contributed by atoms with Crippen molar-refractivity contribution in [1.29, 1.82) is 0 Å². The molecular formula is C14H19N5S2. The molecule has 0 saturated carbocycles. The molecule has 0 radical (unpaired) electrons. The number of nitrogens with zero attached hydrogens (tertiary/aromatic N) is 5. The van der Waals surface area contributed by atoms with E-state index in [0.717, 1.165) is 28.7 Å². The predicted octanol–water partition coefficient (Wildman–Crippen LogP) is 3.55. The Morgan fingerprint density at radius 2 is 2.10 bits per heavy atom. The quantitative estimate of drug-likeness (QED) is 0.737. The van der Waals surface area contributed by atoms with Gasteiger partial charge in [0.05, 0.1) is 27.6 Å². The van der Waals surface area contributed by atoms with Crippen LogP contribution in [0.5, 0.6) is 0 Å². The molecule has 0 amide bonds. The summed E-state index contributed by atoms with van der Waals surface area (Å²) in [4.78, 5) is 11.5. The maximum Gasteiger partial charge on any atom is 0.188 e. The minimum absolute atomic E-state index is 0.491. The molecule has 0 unspecified atom stereocenters. The fourth-order valence-corrected chi connectivity index (χ4v) is 4.03. The van der Waals surface area contributed by atoms with Crippen LogP contribution in [0.3, 0.4) is 0 Å². The van der Waals surface area contributed by atoms with Gasteiger partial charge in [0.15, 0.2) is 10.8 Å². The van der Waals surface area contributed by atoms with Crippen LogP contribution in [0, 0.1) is 6.92 Å². The summed E-state index contributed by atoms with van der Waals surface area (Å²) in [6.07, 6.45) is 0. The minimum Gasteiger partial charge on any atom is -0.345 e. The van der Waals surface area contributed by atoms with E-state index in [4.69, 9.17) is 4.98 Å². The molecule has 5 nitrogen and oxygen atoms in total. The van der Waals surface area contributed by atoms with Crippen LogP contribution in [-0.2, 0) is 13.6 Å². The summed E-state index contributed by atoms with van der Waals surface area (Å²) in [7, 11) is 4.00. The lowest BCUT2D eigenvalue weighted by Crippen LogP contribution is -2.16. The smallest absolute Gasteiger partial charge is 0.188 e. The maximum absolute atomic E-state index is 4.69. The van der Waals surface area contributed by atoms with Crippen molar-refractivity contribution < 1.29 is 0 Å². The van der Waals surface area contributed by atoms with Gasteiger partial charge in [-0.15, -0.1) is 11.3 Å². The first kappa shape index (κ1) is 14.5. The van der Waals surface area contributed by atoms with E-state index in [9.17, 15) is 0 Å². The molecule has 0 bridgehead atoms. The summed E-state index contributed by atoms with van der Waals surface area (Å²) >= 11 is 3.43. The van der Waals surface area contributed by atoms with Gasteiger partial charge in [-0.3, -0.25) is 0 Å². The molecule has 0 atom stereocenters. The summed E-state index contributed by atoms with van der Waals surface area (Å²) in [5.74, 6) is 0.491. The number of aromatic nitrogens is 4. The van der Waals surface area contributed by atoms with Gasteiger partial charge in [0, 0.05) is 25.4 Å². The molecule has 0 aliphatic carbocycles. The average Bonchev–Trinajstić information content (AvgIpc) is 3.08. The zero-order valence-corrected chi connectivity index (χ0v) is 14.5. The highest BCUT2D eigenvalue weighted by atomic mass is 32.1. The van der Waals surface area contributed by atoms with Gasteiger partial charge in [-0.05, 0) is 6.92 Å². The molecule has 0 fully saturated rings. The van der Waals surface area contributed by atoms with Crippen LogP contribution in [0.15, 0.2) is 5.38 Å². The Morgan fingerprint density at radius 1 is 1.33 bits per heavy atom. The average molecular weight is 321 g/mol. The minimum atomic E-state index is 0.491. The third-order valence-corrected chi connectivity index (χ3v) is 5.78. The third-order valence-electron chi connectivity index (χ3n) is 3.32. The van der Waals surface area contributed by atoms with Gasteiger partial charge in [-0.1, -0.05) is 25.2 Å². The number of hydrogen-bond acceptors (Lipinski definition) is 6. The van der Waals surface area contributed by atoms with Crippen LogP contribution in [0.1, 0.15) is 36.2 Å². The van der Waals surface area contributed by atoms with E-state index in [0.29, 0.717) is 5.92 Å². The lowest BCUT2D eigenvalue weighted by Gasteiger charge is -2.13. The highest BCUT2D eigenvalue weighted by Crippen LogP contribution is 2.31. The summed E-state index contributed by atoms with van der Waals surface area (Å²) < 4.78 is 3.01. The van der Waals surface area contributed by atoms with Crippen molar-refractivity contribution >= 4 is 38.2 Å². The molecule has 3 heterocycles. The van der Waals surface area contributed by atoms with Gasteiger partial charge in [0.1, 0.15) is 0 Å². The second kappa shape index (κ2) is 5.38. The van der Waals surface area contributed by atoms with Gasteiger partial charge in [0.25, 0.3) is 0 Å². The second-order valence-corrected chi connectivity index (χ2v) is 7.41. The topological polar surface area (TPSA) is 46.8 Å². The van der Waals surface area contributed by atoms with Crippen molar-refractivity contribution in [3.8, 4) is 0 Å². The number of aryl methyl sites for hydroxylation is 2. The lowest BCUT2D eigenvalue weighted by atomic mass is 10.2. The Kier molecular flexibility index (Phi) is 3.71. The highest BCUT2D eigenvalue weighted by molar-refractivity contribution is 7.22. The molecule has 0 spiro atoms. The van der Waals surface area contributed by atoms with E-state index in [1.54, 1.807) is 22.7 Å². The van der Waals surface area contributed by atoms with Crippen molar-refractivity contribution in [2.45, 2.75) is 33.2 Å². The third kappa shape index (κ3) is 2.67. The Bertz CT molecular complexity index is 733. The number of anilines is 1. The van der Waals surface area contributed by atoms with E-state index in [1.165, 1.54) is 9.71 Å². The monoisotopic (exact) mass is 321 g/mol. The summed E-state index contributed by atoms with van der Waals surface area (Å²) in [5.41, 5.74) is 3.11. The molecule has 7 heteroatoms. The van der Waals surface area contributed by atoms with Gasteiger partial charge < -0.3 is 4.90 Å². The fourth-order valence-electron chi connectivity index (χ4n) is 2.21. The molecule has 0 aliphatic heterocycles. The van der Waals surface area contributed by atoms with Crippen LogP contribution in [-0.4, -0.2) is 26.8 Å². The molecule has 112 valence electrons. The second-order valence-electron chi connectivity index (χ2n) is 5.55. The molecule has 0 N–H and O–H groups in total. The van der Waals surface area contributed by atoms with Gasteiger partial charge in [-0.2, -0.15) is 5.10 Å². The summed E-state index contributed by atoms with van der Waals surface area (Å²) in [6.45, 7) is 7.17. The molecule has 0 aromatic carbocycles. The highest BCUT2D eigenvalue weighted by Gasteiger charge is 2.15. The van der Waals surface area contributed by atoms with Crippen molar-refractivity contribution in [1.82, 2.24) is 19.7 Å². The van der Waals surface area contributed by atoms with Crippen molar-refractivity contribution in [3.63, 3.8) is 0 Å². The Hall–Kier alpha value is -1.47. The van der Waals surface area contributed by atoms with Crippen LogP contribution in [0.4, 0.5) is 5.13 Å². The molecule has 3 aromatic heterocycles. The Morgan fingerprint density at radius 3 is 2.71 bits per heavy atom. The van der Waals surface area contributed by atoms with Crippen molar-refractivity contribution in [2.75, 3.05) is 11.9 Å². The molecule has 3 rings (SSSR count). The molecule has 21 heavy (non-hydrogen) atoms. The standard InChI is InChI=1S/C14H19N5S2/c1-8(2)13-15-10(7-20-13)6-18(4)14-16-12-11(21-14)9(3)17-19(12)5/h7-8H,6H2,1-5H3. The van der Waals surface area contributed by atoms with Gasteiger partial charge >= 0.3 is 0 Å². The Balaban J connectivity index is 1.82. The molecule has 0 aliphatic rings.